The predicted octanol–water partition coefficient (Wildman–Crippen LogP) is 4.70. The van der Waals surface area contributed by atoms with Crippen molar-refractivity contribution in [3.63, 3.8) is 0 Å². The third kappa shape index (κ3) is 6.10. The van der Waals surface area contributed by atoms with Crippen molar-refractivity contribution in [2.24, 2.45) is 10.7 Å². The number of hydrogen-bond donors (Lipinski definition) is 3. The molecule has 0 aliphatic carbocycles. The first-order valence-corrected chi connectivity index (χ1v) is 10.5. The Labute approximate surface area is 201 Å². The van der Waals surface area contributed by atoms with E-state index < -0.39 is 23.1 Å². The van der Waals surface area contributed by atoms with Gasteiger partial charge in [-0.3, -0.25) is 0 Å². The molecule has 0 amide bonds. The third-order valence-corrected chi connectivity index (χ3v) is 4.95. The quantitative estimate of drug-likeness (QED) is 0.317. The van der Waals surface area contributed by atoms with E-state index in [9.17, 15) is 18.3 Å². The maximum atomic E-state index is 13.6. The summed E-state index contributed by atoms with van der Waals surface area (Å²) >= 11 is 0. The van der Waals surface area contributed by atoms with Crippen LogP contribution < -0.4 is 15.8 Å². The van der Waals surface area contributed by atoms with Gasteiger partial charge in [-0.05, 0) is 51.1 Å². The number of aromatic nitrogens is 2. The van der Waals surface area contributed by atoms with E-state index in [4.69, 9.17) is 10.5 Å². The zero-order valence-corrected chi connectivity index (χ0v) is 19.7. The molecular weight excluding hydrogens is 459 g/mol. The molecule has 184 valence electrons. The van der Waals surface area contributed by atoms with E-state index in [-0.39, 0.29) is 22.8 Å². The van der Waals surface area contributed by atoms with E-state index in [1.165, 1.54) is 19.9 Å². The van der Waals surface area contributed by atoms with Gasteiger partial charge in [0.15, 0.2) is 17.5 Å². The summed E-state index contributed by atoms with van der Waals surface area (Å²) in [4.78, 5) is 8.51. The van der Waals surface area contributed by atoms with Gasteiger partial charge in [0.1, 0.15) is 17.2 Å². The van der Waals surface area contributed by atoms with Crippen LogP contribution in [0.25, 0.3) is 11.4 Å². The number of nitrogens with one attached hydrogen (secondary N) is 1. The van der Waals surface area contributed by atoms with Crippen LogP contribution in [0.1, 0.15) is 25.1 Å². The molecule has 1 heterocycles. The van der Waals surface area contributed by atoms with Gasteiger partial charge < -0.3 is 25.5 Å². The van der Waals surface area contributed by atoms with Gasteiger partial charge in [-0.25, -0.2) is 23.1 Å². The van der Waals surface area contributed by atoms with Crippen LogP contribution in [0.5, 0.6) is 5.75 Å². The van der Waals surface area contributed by atoms with E-state index in [0.717, 1.165) is 23.5 Å². The molecule has 7 nitrogen and oxygen atoms in total. The highest BCUT2D eigenvalue weighted by atomic mass is 19.2. The topological polar surface area (TPSA) is 97.7 Å². The molecule has 0 unspecified atom stereocenters. The van der Waals surface area contributed by atoms with Crippen LogP contribution in [-0.2, 0) is 0 Å². The summed E-state index contributed by atoms with van der Waals surface area (Å²) in [5.74, 6) is -3.65. The van der Waals surface area contributed by atoms with Crippen LogP contribution in [0, 0.1) is 24.4 Å². The third-order valence-electron chi connectivity index (χ3n) is 4.95. The lowest BCUT2D eigenvalue weighted by Gasteiger charge is -2.19. The zero-order chi connectivity index (χ0) is 25.9. The molecule has 1 aromatic heterocycles. The second-order valence-corrected chi connectivity index (χ2v) is 8.29. The molecule has 0 bridgehead atoms. The maximum Gasteiger partial charge on any atom is 0.194 e. The average molecular weight is 486 g/mol. The molecule has 35 heavy (non-hydrogen) atoms. The standard InChI is InChI=1S/C25H26F3N5O2/c1-14-12-33(13-30-14)21-7-6-17(10-22(21)35-5)31-15(2)32-23(25(3,4)34)11-20(29)16-8-18(26)24(28)19(27)9-16/h6-13,31,34H,2,29H2,1,3-5H3/b20-11-,32-23?. The number of methoxy groups -OCH3 is 1. The number of nitrogens with two attached hydrogens (primary N) is 1. The number of halogens is 3. The minimum atomic E-state index is -1.60. The molecule has 10 heteroatoms. The summed E-state index contributed by atoms with van der Waals surface area (Å²) in [6.07, 6.45) is 4.78. The molecule has 3 rings (SSSR count). The minimum absolute atomic E-state index is 0.0510. The molecule has 0 aliphatic heterocycles. The summed E-state index contributed by atoms with van der Waals surface area (Å²) in [7, 11) is 1.54. The van der Waals surface area contributed by atoms with Crippen molar-refractivity contribution in [1.82, 2.24) is 9.55 Å². The summed E-state index contributed by atoms with van der Waals surface area (Å²) in [6.45, 7) is 8.65. The Balaban J connectivity index is 1.89. The number of anilines is 1. The number of aliphatic imine (C=N–C) groups is 1. The lowest BCUT2D eigenvalue weighted by atomic mass is 10.00. The lowest BCUT2D eigenvalue weighted by molar-refractivity contribution is 0.155. The SMILES string of the molecule is C=C(N=C(/C=C(\N)c1cc(F)c(F)c(F)c1)C(C)(C)O)Nc1ccc(-n2cnc(C)c2)c(OC)c1. The molecule has 0 aliphatic rings. The fourth-order valence-electron chi connectivity index (χ4n) is 3.16. The van der Waals surface area contributed by atoms with Crippen LogP contribution >= 0.6 is 0 Å². The van der Waals surface area contributed by atoms with Gasteiger partial charge in [0, 0.05) is 29.2 Å². The number of nitrogens with zero attached hydrogens (tertiary/aromatic N) is 3. The first-order chi connectivity index (χ1) is 16.4. The first-order valence-electron chi connectivity index (χ1n) is 10.5. The summed E-state index contributed by atoms with van der Waals surface area (Å²) < 4.78 is 47.8. The summed E-state index contributed by atoms with van der Waals surface area (Å²) in [6, 6.07) is 6.87. The predicted molar refractivity (Wildman–Crippen MR) is 130 cm³/mol. The monoisotopic (exact) mass is 485 g/mol. The van der Waals surface area contributed by atoms with Gasteiger partial charge >= 0.3 is 0 Å². The van der Waals surface area contributed by atoms with Gasteiger partial charge in [0.25, 0.3) is 0 Å². The van der Waals surface area contributed by atoms with Crippen molar-refractivity contribution in [3.05, 3.63) is 90.0 Å². The Bertz CT molecular complexity index is 1300. The molecule has 0 spiro atoms. The minimum Gasteiger partial charge on any atom is -0.494 e. The number of benzene rings is 2. The van der Waals surface area contributed by atoms with E-state index in [2.05, 4.69) is 21.9 Å². The van der Waals surface area contributed by atoms with Crippen LogP contribution in [0.3, 0.4) is 0 Å². The molecule has 0 fully saturated rings. The summed E-state index contributed by atoms with van der Waals surface area (Å²) in [5.41, 5.74) is 6.52. The van der Waals surface area contributed by atoms with E-state index >= 15 is 0 Å². The van der Waals surface area contributed by atoms with Gasteiger partial charge in [-0.15, -0.1) is 0 Å². The second-order valence-electron chi connectivity index (χ2n) is 8.29. The van der Waals surface area contributed by atoms with Crippen molar-refractivity contribution < 1.29 is 23.0 Å². The zero-order valence-electron chi connectivity index (χ0n) is 19.7. The van der Waals surface area contributed by atoms with Crippen molar-refractivity contribution >= 4 is 17.1 Å². The number of hydrogen-bond acceptors (Lipinski definition) is 6. The van der Waals surface area contributed by atoms with Crippen LogP contribution in [0.4, 0.5) is 18.9 Å². The normalized spacial score (nSPS) is 12.6. The van der Waals surface area contributed by atoms with Crippen molar-refractivity contribution in [1.29, 1.82) is 0 Å². The van der Waals surface area contributed by atoms with Gasteiger partial charge in [-0.2, -0.15) is 0 Å². The maximum absolute atomic E-state index is 13.6. The smallest absolute Gasteiger partial charge is 0.194 e. The average Bonchev–Trinajstić information content (AvgIpc) is 3.21. The Kier molecular flexibility index (Phi) is 7.35. The molecular formula is C25H26F3N5O2. The molecule has 0 saturated heterocycles. The number of aryl methyl sites for hydroxylation is 1. The molecule has 3 aromatic rings. The Morgan fingerprint density at radius 3 is 2.43 bits per heavy atom. The Morgan fingerprint density at radius 1 is 1.23 bits per heavy atom. The second kappa shape index (κ2) is 10.1. The fourth-order valence-corrected chi connectivity index (χ4v) is 3.16. The van der Waals surface area contributed by atoms with E-state index in [1.807, 2.05) is 23.8 Å². The number of ether oxygens (including phenoxy) is 1. The number of aliphatic hydroxyl groups is 1. The van der Waals surface area contributed by atoms with Crippen LogP contribution in [0.15, 0.2) is 66.3 Å². The van der Waals surface area contributed by atoms with Gasteiger partial charge in [-0.1, -0.05) is 6.58 Å². The van der Waals surface area contributed by atoms with Crippen molar-refractivity contribution in [2.45, 2.75) is 26.4 Å². The molecule has 2 aromatic carbocycles. The van der Waals surface area contributed by atoms with Gasteiger partial charge in [0.2, 0.25) is 0 Å². The Morgan fingerprint density at radius 2 is 1.89 bits per heavy atom. The molecule has 0 atom stereocenters. The summed E-state index contributed by atoms with van der Waals surface area (Å²) in [5, 5.41) is 13.6. The lowest BCUT2D eigenvalue weighted by Crippen LogP contribution is -2.31. The number of imidazole rings is 1. The van der Waals surface area contributed by atoms with Crippen LogP contribution in [0.2, 0.25) is 0 Å². The van der Waals surface area contributed by atoms with E-state index in [0.29, 0.717) is 11.4 Å². The van der Waals surface area contributed by atoms with Crippen molar-refractivity contribution in [3.8, 4) is 11.4 Å². The number of rotatable bonds is 8. The fraction of sp³-hybridized carbons (Fsp3) is 0.200. The highest BCUT2D eigenvalue weighted by Crippen LogP contribution is 2.28. The largest absolute Gasteiger partial charge is 0.494 e. The van der Waals surface area contributed by atoms with Gasteiger partial charge in [0.05, 0.1) is 30.5 Å². The first kappa shape index (κ1) is 25.6. The van der Waals surface area contributed by atoms with Crippen molar-refractivity contribution in [2.75, 3.05) is 12.4 Å². The Hall–Kier alpha value is -4.05. The van der Waals surface area contributed by atoms with Crippen LogP contribution in [-0.4, -0.2) is 33.1 Å². The molecule has 0 radical (unpaired) electrons. The molecule has 4 N–H and O–H groups in total. The molecule has 0 saturated carbocycles. The highest BCUT2D eigenvalue weighted by Gasteiger charge is 2.21. The van der Waals surface area contributed by atoms with E-state index in [1.54, 1.807) is 25.6 Å². The highest BCUT2D eigenvalue weighted by molar-refractivity contribution is 6.06.